The minimum atomic E-state index is 0.945. The highest BCUT2D eigenvalue weighted by Gasteiger charge is 2.19. The van der Waals surface area contributed by atoms with Crippen LogP contribution in [0.15, 0.2) is 29.8 Å². The number of methoxy groups -OCH3 is 1. The first-order chi connectivity index (χ1) is 6.74. The van der Waals surface area contributed by atoms with Crippen molar-refractivity contribution in [3.63, 3.8) is 0 Å². The van der Waals surface area contributed by atoms with Gasteiger partial charge >= 0.3 is 0 Å². The molecular weight excluding hydrogens is 174 g/mol. The fraction of sp³-hybridized carbons (Fsp3) is 0.333. The second kappa shape index (κ2) is 3.37. The highest BCUT2D eigenvalue weighted by atomic mass is 16.5. The van der Waals surface area contributed by atoms with E-state index in [9.17, 15) is 0 Å². The number of hydrogen-bond donors (Lipinski definition) is 0. The molecule has 0 amide bonds. The molecule has 14 heavy (non-hydrogen) atoms. The molecule has 1 aliphatic rings. The van der Waals surface area contributed by atoms with Gasteiger partial charge in [-0.1, -0.05) is 12.1 Å². The summed E-state index contributed by atoms with van der Waals surface area (Å²) in [7, 11) is 3.84. The molecule has 0 saturated carbocycles. The molecule has 0 N–H and O–H groups in total. The topological polar surface area (TPSA) is 12.5 Å². The Morgan fingerprint density at radius 3 is 2.71 bits per heavy atom. The van der Waals surface area contributed by atoms with Crippen LogP contribution in [0.3, 0.4) is 0 Å². The lowest BCUT2D eigenvalue weighted by Crippen LogP contribution is -2.25. The zero-order valence-electron chi connectivity index (χ0n) is 8.87. The largest absolute Gasteiger partial charge is 0.496 e. The van der Waals surface area contributed by atoms with Crippen LogP contribution in [-0.4, -0.2) is 20.7 Å². The van der Waals surface area contributed by atoms with Crippen molar-refractivity contribution in [2.75, 3.05) is 25.6 Å². The molecule has 0 aliphatic carbocycles. The summed E-state index contributed by atoms with van der Waals surface area (Å²) in [5, 5.41) is 0. The standard InChI is InChI=1S/C12H15NO/c1-9-8-13(2)11-7-5-4-6-10(11)12(9)14-3/h4-7H,8H2,1-3H3. The van der Waals surface area contributed by atoms with Gasteiger partial charge in [-0.05, 0) is 24.6 Å². The Morgan fingerprint density at radius 1 is 1.29 bits per heavy atom. The van der Waals surface area contributed by atoms with Crippen LogP contribution in [0, 0.1) is 0 Å². The Bertz CT molecular complexity index is 382. The monoisotopic (exact) mass is 189 g/mol. The van der Waals surface area contributed by atoms with E-state index >= 15 is 0 Å². The SMILES string of the molecule is COC1=C(C)CN(C)c2ccccc21. The first-order valence-electron chi connectivity index (χ1n) is 4.78. The summed E-state index contributed by atoms with van der Waals surface area (Å²) in [4.78, 5) is 2.24. The van der Waals surface area contributed by atoms with E-state index in [2.05, 4.69) is 37.1 Å². The van der Waals surface area contributed by atoms with Crippen molar-refractivity contribution < 1.29 is 4.74 Å². The van der Waals surface area contributed by atoms with Crippen molar-refractivity contribution in [3.05, 3.63) is 35.4 Å². The van der Waals surface area contributed by atoms with Gasteiger partial charge in [-0.2, -0.15) is 0 Å². The summed E-state index contributed by atoms with van der Waals surface area (Å²) in [6.45, 7) is 3.06. The molecular formula is C12H15NO. The number of anilines is 1. The van der Waals surface area contributed by atoms with E-state index in [1.54, 1.807) is 7.11 Å². The summed E-state index contributed by atoms with van der Waals surface area (Å²) < 4.78 is 5.43. The van der Waals surface area contributed by atoms with Gasteiger partial charge in [-0.3, -0.25) is 0 Å². The highest BCUT2D eigenvalue weighted by Crippen LogP contribution is 2.33. The molecule has 0 saturated heterocycles. The summed E-state index contributed by atoms with van der Waals surface area (Å²) in [5.41, 5.74) is 3.73. The minimum absolute atomic E-state index is 0.945. The number of para-hydroxylation sites is 1. The van der Waals surface area contributed by atoms with E-state index in [0.29, 0.717) is 0 Å². The number of rotatable bonds is 1. The van der Waals surface area contributed by atoms with Crippen LogP contribution >= 0.6 is 0 Å². The number of ether oxygens (including phenoxy) is 1. The molecule has 0 unspecified atom stereocenters. The number of benzene rings is 1. The zero-order chi connectivity index (χ0) is 10.1. The number of hydrogen-bond acceptors (Lipinski definition) is 2. The molecule has 0 radical (unpaired) electrons. The van der Waals surface area contributed by atoms with Gasteiger partial charge in [-0.25, -0.2) is 0 Å². The molecule has 0 fully saturated rings. The number of likely N-dealkylation sites (N-methyl/N-ethyl adjacent to an activating group) is 1. The average molecular weight is 189 g/mol. The van der Waals surface area contributed by atoms with E-state index in [-0.39, 0.29) is 0 Å². The van der Waals surface area contributed by atoms with Gasteiger partial charge in [0.25, 0.3) is 0 Å². The quantitative estimate of drug-likeness (QED) is 0.673. The predicted molar refractivity (Wildman–Crippen MR) is 59.3 cm³/mol. The fourth-order valence-corrected chi connectivity index (χ4v) is 2.03. The molecule has 0 bridgehead atoms. The van der Waals surface area contributed by atoms with Gasteiger partial charge in [0.2, 0.25) is 0 Å². The first kappa shape index (κ1) is 9.13. The normalized spacial score (nSPS) is 15.5. The highest BCUT2D eigenvalue weighted by molar-refractivity contribution is 5.78. The van der Waals surface area contributed by atoms with Gasteiger partial charge in [-0.15, -0.1) is 0 Å². The maximum Gasteiger partial charge on any atom is 0.128 e. The van der Waals surface area contributed by atoms with Crippen LogP contribution in [0.4, 0.5) is 5.69 Å². The van der Waals surface area contributed by atoms with Gasteiger partial charge in [0.15, 0.2) is 0 Å². The fourth-order valence-electron chi connectivity index (χ4n) is 2.03. The van der Waals surface area contributed by atoms with Crippen molar-refractivity contribution in [2.45, 2.75) is 6.92 Å². The van der Waals surface area contributed by atoms with Gasteiger partial charge in [0.1, 0.15) is 5.76 Å². The van der Waals surface area contributed by atoms with Crippen LogP contribution in [0.2, 0.25) is 0 Å². The second-order valence-electron chi connectivity index (χ2n) is 3.69. The third-order valence-electron chi connectivity index (χ3n) is 2.63. The Kier molecular flexibility index (Phi) is 2.20. The average Bonchev–Trinajstić information content (AvgIpc) is 2.18. The van der Waals surface area contributed by atoms with Crippen LogP contribution in [0.1, 0.15) is 12.5 Å². The van der Waals surface area contributed by atoms with E-state index < -0.39 is 0 Å². The van der Waals surface area contributed by atoms with Crippen LogP contribution in [-0.2, 0) is 4.74 Å². The summed E-state index contributed by atoms with van der Waals surface area (Å²) >= 11 is 0. The lowest BCUT2D eigenvalue weighted by molar-refractivity contribution is 0.365. The lowest BCUT2D eigenvalue weighted by Gasteiger charge is -2.29. The predicted octanol–water partition coefficient (Wildman–Crippen LogP) is 2.51. The van der Waals surface area contributed by atoms with E-state index in [1.807, 2.05) is 6.07 Å². The van der Waals surface area contributed by atoms with Crippen molar-refractivity contribution >= 4 is 11.4 Å². The lowest BCUT2D eigenvalue weighted by atomic mass is 10.0. The number of nitrogens with zero attached hydrogens (tertiary/aromatic N) is 1. The van der Waals surface area contributed by atoms with Crippen molar-refractivity contribution in [1.82, 2.24) is 0 Å². The third-order valence-corrected chi connectivity index (χ3v) is 2.63. The zero-order valence-corrected chi connectivity index (χ0v) is 8.87. The van der Waals surface area contributed by atoms with Gasteiger partial charge in [0, 0.05) is 24.8 Å². The molecule has 1 heterocycles. The molecule has 0 spiro atoms. The maximum absolute atomic E-state index is 5.43. The van der Waals surface area contributed by atoms with Crippen molar-refractivity contribution in [1.29, 1.82) is 0 Å². The maximum atomic E-state index is 5.43. The van der Waals surface area contributed by atoms with Gasteiger partial charge < -0.3 is 9.64 Å². The van der Waals surface area contributed by atoms with Crippen LogP contribution in [0.25, 0.3) is 5.76 Å². The molecule has 1 aromatic carbocycles. The Balaban J connectivity index is 2.59. The van der Waals surface area contributed by atoms with Crippen molar-refractivity contribution in [2.24, 2.45) is 0 Å². The Labute approximate surface area is 84.8 Å². The second-order valence-corrected chi connectivity index (χ2v) is 3.69. The Hall–Kier alpha value is -1.44. The van der Waals surface area contributed by atoms with E-state index in [0.717, 1.165) is 12.3 Å². The van der Waals surface area contributed by atoms with Crippen LogP contribution in [0.5, 0.6) is 0 Å². The van der Waals surface area contributed by atoms with E-state index in [1.165, 1.54) is 16.8 Å². The molecule has 0 atom stereocenters. The van der Waals surface area contributed by atoms with Crippen LogP contribution < -0.4 is 4.90 Å². The minimum Gasteiger partial charge on any atom is -0.496 e. The third kappa shape index (κ3) is 1.27. The first-order valence-corrected chi connectivity index (χ1v) is 4.78. The van der Waals surface area contributed by atoms with E-state index in [4.69, 9.17) is 4.74 Å². The molecule has 1 aromatic rings. The molecule has 2 nitrogen and oxygen atoms in total. The molecule has 1 aliphatic heterocycles. The molecule has 2 heteroatoms. The van der Waals surface area contributed by atoms with Crippen molar-refractivity contribution in [3.8, 4) is 0 Å². The molecule has 0 aromatic heterocycles. The Morgan fingerprint density at radius 2 is 2.00 bits per heavy atom. The molecule has 2 rings (SSSR count). The smallest absolute Gasteiger partial charge is 0.128 e. The summed E-state index contributed by atoms with van der Waals surface area (Å²) in [6, 6.07) is 8.33. The summed E-state index contributed by atoms with van der Waals surface area (Å²) in [5.74, 6) is 1.03. The summed E-state index contributed by atoms with van der Waals surface area (Å²) in [6.07, 6.45) is 0. The molecule has 74 valence electrons. The van der Waals surface area contributed by atoms with Gasteiger partial charge in [0.05, 0.1) is 7.11 Å². The number of fused-ring (bicyclic) bond motifs is 1.